The summed E-state index contributed by atoms with van der Waals surface area (Å²) in [6.07, 6.45) is 3.71. The highest BCUT2D eigenvalue weighted by Crippen LogP contribution is 2.28. The van der Waals surface area contributed by atoms with Crippen molar-refractivity contribution in [1.29, 1.82) is 0 Å². The number of aliphatic hydroxyl groups excluding tert-OH is 1. The largest absolute Gasteiger partial charge is 0.394 e. The van der Waals surface area contributed by atoms with Crippen LogP contribution in [0.3, 0.4) is 0 Å². The van der Waals surface area contributed by atoms with Crippen molar-refractivity contribution >= 4 is 10.0 Å². The van der Waals surface area contributed by atoms with Crippen LogP contribution in [0.1, 0.15) is 20.3 Å². The molecule has 0 spiro atoms. The monoisotopic (exact) mass is 273 g/mol. The summed E-state index contributed by atoms with van der Waals surface area (Å²) < 4.78 is 27.8. The molecule has 1 aliphatic heterocycles. The molecule has 1 aromatic rings. The van der Waals surface area contributed by atoms with Crippen molar-refractivity contribution in [3.63, 3.8) is 0 Å². The molecule has 0 bridgehead atoms. The van der Waals surface area contributed by atoms with Gasteiger partial charge in [-0.25, -0.2) is 8.42 Å². The quantitative estimate of drug-likeness (QED) is 0.856. The fraction of sp³-hybridized carbons (Fsp3) is 0.727. The topological polar surface area (TPSA) is 75.4 Å². The maximum absolute atomic E-state index is 12.4. The predicted molar refractivity (Wildman–Crippen MR) is 66.4 cm³/mol. The Morgan fingerprint density at radius 3 is 2.78 bits per heavy atom. The Hall–Kier alpha value is -0.920. The van der Waals surface area contributed by atoms with Gasteiger partial charge >= 0.3 is 0 Å². The van der Waals surface area contributed by atoms with Crippen molar-refractivity contribution in [1.82, 2.24) is 14.1 Å². The molecule has 1 fully saturated rings. The minimum atomic E-state index is -3.45. The van der Waals surface area contributed by atoms with E-state index in [9.17, 15) is 8.42 Å². The smallest absolute Gasteiger partial charge is 0.246 e. The maximum atomic E-state index is 12.4. The molecule has 1 N–H and O–H groups in total. The van der Waals surface area contributed by atoms with E-state index >= 15 is 0 Å². The first-order chi connectivity index (χ1) is 8.45. The number of rotatable bonds is 4. The summed E-state index contributed by atoms with van der Waals surface area (Å²) in [5.41, 5.74) is 0. The number of aromatic nitrogens is 2. The van der Waals surface area contributed by atoms with E-state index in [1.807, 2.05) is 6.92 Å². The zero-order chi connectivity index (χ0) is 13.3. The number of sulfonamides is 1. The Labute approximate surface area is 107 Å². The highest BCUT2D eigenvalue weighted by molar-refractivity contribution is 7.89. The summed E-state index contributed by atoms with van der Waals surface area (Å²) in [6.45, 7) is 4.80. The highest BCUT2D eigenvalue weighted by atomic mass is 32.2. The van der Waals surface area contributed by atoms with Gasteiger partial charge in [0.1, 0.15) is 4.90 Å². The van der Waals surface area contributed by atoms with Gasteiger partial charge in [-0.3, -0.25) is 4.68 Å². The normalized spacial score (nSPS) is 25.7. The van der Waals surface area contributed by atoms with Crippen molar-refractivity contribution < 1.29 is 13.5 Å². The van der Waals surface area contributed by atoms with Crippen LogP contribution in [0.2, 0.25) is 0 Å². The van der Waals surface area contributed by atoms with Gasteiger partial charge in [0.25, 0.3) is 0 Å². The minimum absolute atomic E-state index is 0.0335. The summed E-state index contributed by atoms with van der Waals surface area (Å²) >= 11 is 0. The molecule has 0 saturated carbocycles. The van der Waals surface area contributed by atoms with Crippen LogP contribution in [0.5, 0.6) is 0 Å². The Bertz CT molecular complexity index is 511. The first-order valence-corrected chi connectivity index (χ1v) is 7.54. The summed E-state index contributed by atoms with van der Waals surface area (Å²) in [5.74, 6) is 0.391. The fourth-order valence-electron chi connectivity index (χ4n) is 2.43. The van der Waals surface area contributed by atoms with E-state index < -0.39 is 10.0 Å². The second-order valence-corrected chi connectivity index (χ2v) is 6.82. The van der Waals surface area contributed by atoms with Gasteiger partial charge in [0.15, 0.2) is 0 Å². The van der Waals surface area contributed by atoms with Gasteiger partial charge in [0, 0.05) is 18.8 Å². The van der Waals surface area contributed by atoms with Crippen molar-refractivity contribution in [2.45, 2.75) is 37.8 Å². The lowest BCUT2D eigenvalue weighted by atomic mass is 10.1. The third-order valence-corrected chi connectivity index (χ3v) is 5.20. The highest BCUT2D eigenvalue weighted by Gasteiger charge is 2.36. The van der Waals surface area contributed by atoms with Crippen molar-refractivity contribution in [2.75, 3.05) is 13.2 Å². The molecule has 7 heteroatoms. The number of hydrogen-bond acceptors (Lipinski definition) is 4. The maximum Gasteiger partial charge on any atom is 0.246 e. The minimum Gasteiger partial charge on any atom is -0.394 e. The molecule has 0 radical (unpaired) electrons. The lowest BCUT2D eigenvalue weighted by Gasteiger charge is -2.19. The third kappa shape index (κ3) is 2.43. The molecule has 1 aromatic heterocycles. The summed E-state index contributed by atoms with van der Waals surface area (Å²) in [6, 6.07) is 0.0335. The molecular weight excluding hydrogens is 254 g/mol. The summed E-state index contributed by atoms with van der Waals surface area (Å²) in [5, 5.41) is 12.7. The lowest BCUT2D eigenvalue weighted by Crippen LogP contribution is -2.33. The van der Waals surface area contributed by atoms with Crippen molar-refractivity contribution in [2.24, 2.45) is 5.92 Å². The van der Waals surface area contributed by atoms with Crippen LogP contribution in [0.4, 0.5) is 0 Å². The second-order valence-electron chi connectivity index (χ2n) is 4.93. The van der Waals surface area contributed by atoms with Gasteiger partial charge in [-0.15, -0.1) is 0 Å². The van der Waals surface area contributed by atoms with E-state index in [2.05, 4.69) is 12.0 Å². The van der Waals surface area contributed by atoms with Crippen LogP contribution in [-0.4, -0.2) is 46.8 Å². The van der Waals surface area contributed by atoms with E-state index in [1.54, 1.807) is 0 Å². The molecule has 0 aromatic carbocycles. The van der Waals surface area contributed by atoms with Crippen LogP contribution in [0.15, 0.2) is 17.3 Å². The Balaban J connectivity index is 2.24. The average molecular weight is 273 g/mol. The number of aliphatic hydroxyl groups is 1. The van der Waals surface area contributed by atoms with Gasteiger partial charge in [0.05, 0.1) is 19.3 Å². The molecule has 102 valence electrons. The molecule has 6 nitrogen and oxygen atoms in total. The Morgan fingerprint density at radius 2 is 2.22 bits per heavy atom. The summed E-state index contributed by atoms with van der Waals surface area (Å²) in [7, 11) is -3.45. The van der Waals surface area contributed by atoms with Crippen LogP contribution in [-0.2, 0) is 16.6 Å². The Kier molecular flexibility index (Phi) is 3.74. The molecule has 2 unspecified atom stereocenters. The van der Waals surface area contributed by atoms with E-state index in [-0.39, 0.29) is 17.5 Å². The SMILES string of the molecule is CC1CC(C)N(S(=O)(=O)c2cnn(CCO)c2)C1. The van der Waals surface area contributed by atoms with Crippen molar-refractivity contribution in [3.8, 4) is 0 Å². The Morgan fingerprint density at radius 1 is 1.50 bits per heavy atom. The van der Waals surface area contributed by atoms with E-state index in [1.165, 1.54) is 21.4 Å². The van der Waals surface area contributed by atoms with Gasteiger partial charge in [-0.1, -0.05) is 6.92 Å². The lowest BCUT2D eigenvalue weighted by molar-refractivity contribution is 0.269. The van der Waals surface area contributed by atoms with Gasteiger partial charge in [0.2, 0.25) is 10.0 Å². The van der Waals surface area contributed by atoms with Gasteiger partial charge in [-0.05, 0) is 19.3 Å². The van der Waals surface area contributed by atoms with E-state index in [0.717, 1.165) is 6.42 Å². The average Bonchev–Trinajstić information content (AvgIpc) is 2.86. The van der Waals surface area contributed by atoms with Crippen LogP contribution < -0.4 is 0 Å². The number of nitrogens with zero attached hydrogens (tertiary/aromatic N) is 3. The first kappa shape index (κ1) is 13.5. The molecule has 0 amide bonds. The zero-order valence-electron chi connectivity index (χ0n) is 10.7. The van der Waals surface area contributed by atoms with Crippen LogP contribution >= 0.6 is 0 Å². The van der Waals surface area contributed by atoms with Crippen LogP contribution in [0.25, 0.3) is 0 Å². The van der Waals surface area contributed by atoms with Gasteiger partial charge < -0.3 is 5.11 Å². The van der Waals surface area contributed by atoms with Gasteiger partial charge in [-0.2, -0.15) is 9.40 Å². The van der Waals surface area contributed by atoms with Crippen molar-refractivity contribution in [3.05, 3.63) is 12.4 Å². The molecule has 2 rings (SSSR count). The number of hydrogen-bond donors (Lipinski definition) is 1. The molecule has 2 atom stereocenters. The molecule has 1 aliphatic rings. The standard InChI is InChI=1S/C11H19N3O3S/c1-9-5-10(2)14(7-9)18(16,17)11-6-12-13(8-11)3-4-15/h6,8-10,15H,3-5,7H2,1-2H3. The molecule has 18 heavy (non-hydrogen) atoms. The predicted octanol–water partition coefficient (Wildman–Crippen LogP) is 0.294. The second kappa shape index (κ2) is 4.99. The zero-order valence-corrected chi connectivity index (χ0v) is 11.5. The van der Waals surface area contributed by atoms with E-state index in [4.69, 9.17) is 5.11 Å². The van der Waals surface area contributed by atoms with E-state index in [0.29, 0.717) is 19.0 Å². The molecule has 0 aliphatic carbocycles. The molecule has 2 heterocycles. The molecule has 1 saturated heterocycles. The third-order valence-electron chi connectivity index (χ3n) is 3.27. The first-order valence-electron chi connectivity index (χ1n) is 6.10. The molecular formula is C11H19N3O3S. The summed E-state index contributed by atoms with van der Waals surface area (Å²) in [4.78, 5) is 0.205. The fourth-order valence-corrected chi connectivity index (χ4v) is 4.15. The van der Waals surface area contributed by atoms with Crippen LogP contribution in [0, 0.1) is 5.92 Å².